The Morgan fingerprint density at radius 2 is 1.66 bits per heavy atom. The second kappa shape index (κ2) is 10.8. The van der Waals surface area contributed by atoms with Gasteiger partial charge in [0.15, 0.2) is 0 Å². The number of carbonyl (C=O) groups is 1. The van der Waals surface area contributed by atoms with Crippen molar-refractivity contribution in [3.8, 4) is 17.0 Å². The quantitative estimate of drug-likeness (QED) is 0.287. The zero-order valence-electron chi connectivity index (χ0n) is 25.8. The highest BCUT2D eigenvalue weighted by Gasteiger charge is 3.11. The van der Waals surface area contributed by atoms with Gasteiger partial charge < -0.3 is 25.2 Å². The van der Waals surface area contributed by atoms with Gasteiger partial charge in [0, 0.05) is 54.3 Å². The molecule has 3 N–H and O–H groups in total. The highest BCUT2D eigenvalue weighted by atomic mass is 35.5. The van der Waals surface area contributed by atoms with Gasteiger partial charge in [-0.25, -0.2) is 4.98 Å². The molecule has 11 rings (SSSR count). The van der Waals surface area contributed by atoms with Gasteiger partial charge in [0.25, 0.3) is 0 Å². The van der Waals surface area contributed by atoms with Gasteiger partial charge >= 0.3 is 5.97 Å². The van der Waals surface area contributed by atoms with Gasteiger partial charge in [0.2, 0.25) is 5.95 Å². The highest BCUT2D eigenvalue weighted by molar-refractivity contribution is 6.30. The average Bonchev–Trinajstić information content (AvgIpc) is 3.06. The Morgan fingerprint density at radius 1 is 0.957 bits per heavy atom. The van der Waals surface area contributed by atoms with Crippen LogP contribution in [0.3, 0.4) is 0 Å². The van der Waals surface area contributed by atoms with Crippen LogP contribution >= 0.6 is 36.4 Å². The maximum Gasteiger partial charge on any atom is 0.310 e. The molecular weight excluding hydrogens is 661 g/mol. The summed E-state index contributed by atoms with van der Waals surface area (Å²) < 4.78 is 12.4. The molecule has 47 heavy (non-hydrogen) atoms. The number of anilines is 2. The standard InChI is InChI=1S/C35H36ClN5O4.2ClH/c36-20-4-1-18(2-5-20)16-45-21-6-8-22-19(15-21)3-7-23-30(22)38-33(37)39-31(23)41-11-9-40(10-12-41)13-14-44-17-34-24-27-25(34)29-26(34)28(24)35(27,29)32(42)43;;/h1-2,4-6,8,15,24-29H,3,7,9-14,16-17H2,(H,42,43)(H2,37,38,39);2*1H. The molecule has 1 aliphatic heterocycles. The molecule has 0 radical (unpaired) electrons. The lowest BCUT2D eigenvalue weighted by Crippen LogP contribution is -3.11. The van der Waals surface area contributed by atoms with Crippen LogP contribution in [0.25, 0.3) is 11.3 Å². The Bertz CT molecular complexity index is 1710. The number of nitrogens with zero attached hydrogens (tertiary/aromatic N) is 4. The van der Waals surface area contributed by atoms with Gasteiger partial charge in [0.05, 0.1) is 24.3 Å². The lowest BCUT2D eigenvalue weighted by molar-refractivity contribution is -0.646. The zero-order chi connectivity index (χ0) is 30.2. The van der Waals surface area contributed by atoms with E-state index in [9.17, 15) is 9.90 Å². The van der Waals surface area contributed by atoms with Crippen LogP contribution in [0.1, 0.15) is 16.7 Å². The summed E-state index contributed by atoms with van der Waals surface area (Å²) in [7, 11) is 0. The molecular formula is C35H38Cl3N5O4. The number of carboxylic acid groups (broad SMARTS) is 1. The van der Waals surface area contributed by atoms with E-state index in [0.717, 1.165) is 92.2 Å². The first-order chi connectivity index (χ1) is 21.9. The smallest absolute Gasteiger partial charge is 0.310 e. The van der Waals surface area contributed by atoms with E-state index in [2.05, 4.69) is 21.9 Å². The van der Waals surface area contributed by atoms with Gasteiger partial charge in [-0.1, -0.05) is 23.7 Å². The number of carboxylic acids is 1. The number of piperazine rings is 1. The predicted octanol–water partition coefficient (Wildman–Crippen LogP) is 4.86. The van der Waals surface area contributed by atoms with E-state index in [0.29, 0.717) is 53.5 Å². The van der Waals surface area contributed by atoms with Gasteiger partial charge in [-0.05, 0) is 89.8 Å². The number of aliphatic carboxylic acids is 1. The van der Waals surface area contributed by atoms with Crippen LogP contribution in [0.2, 0.25) is 5.02 Å². The molecule has 0 atom stereocenters. The molecule has 0 spiro atoms. The minimum Gasteiger partial charge on any atom is -0.489 e. The van der Waals surface area contributed by atoms with Crippen molar-refractivity contribution in [3.63, 3.8) is 0 Å². The second-order valence-corrected chi connectivity index (χ2v) is 14.8. The Hall–Kier alpha value is -2.82. The fourth-order valence-corrected chi connectivity index (χ4v) is 11.5. The van der Waals surface area contributed by atoms with Crippen LogP contribution in [-0.2, 0) is 29.0 Å². The van der Waals surface area contributed by atoms with Crippen LogP contribution < -0.4 is 15.4 Å². The molecule has 2 heterocycles. The molecule has 1 aromatic heterocycles. The van der Waals surface area contributed by atoms with Crippen molar-refractivity contribution in [1.29, 1.82) is 0 Å². The third-order valence-corrected chi connectivity index (χ3v) is 13.3. The molecule has 8 aliphatic rings. The fourth-order valence-electron chi connectivity index (χ4n) is 11.4. The van der Waals surface area contributed by atoms with Crippen molar-refractivity contribution < 1.29 is 19.4 Å². The minimum absolute atomic E-state index is 0. The normalized spacial score (nSPS) is 33.9. The Kier molecular flexibility index (Phi) is 7.25. The largest absolute Gasteiger partial charge is 0.489 e. The number of ether oxygens (including phenoxy) is 2. The van der Waals surface area contributed by atoms with E-state index in [1.54, 1.807) is 0 Å². The maximum absolute atomic E-state index is 11.8. The van der Waals surface area contributed by atoms with Crippen molar-refractivity contribution in [2.45, 2.75) is 19.4 Å². The van der Waals surface area contributed by atoms with Crippen LogP contribution in [0.5, 0.6) is 5.75 Å². The summed E-state index contributed by atoms with van der Waals surface area (Å²) in [5.74, 6) is 5.04. The van der Waals surface area contributed by atoms with Gasteiger partial charge in [-0.3, -0.25) is 9.69 Å². The molecule has 6 saturated carbocycles. The number of benzene rings is 2. The Labute approximate surface area is 291 Å². The number of hydrogen-bond acceptors (Lipinski definition) is 8. The number of nitrogens with two attached hydrogens (primary N) is 1. The number of hydrogen-bond donors (Lipinski definition) is 2. The number of rotatable bonds is 10. The van der Waals surface area contributed by atoms with Crippen LogP contribution in [-0.4, -0.2) is 71.9 Å². The highest BCUT2D eigenvalue weighted by Crippen LogP contribution is 3.10. The topological polar surface area (TPSA) is 114 Å². The van der Waals surface area contributed by atoms with E-state index in [1.165, 1.54) is 11.1 Å². The van der Waals surface area contributed by atoms with Crippen LogP contribution in [0.4, 0.5) is 11.8 Å². The molecule has 7 aliphatic carbocycles. The first-order valence-electron chi connectivity index (χ1n) is 16.4. The summed E-state index contributed by atoms with van der Waals surface area (Å²) in [4.78, 5) is 26.1. The third-order valence-electron chi connectivity index (χ3n) is 13.1. The van der Waals surface area contributed by atoms with E-state index in [1.807, 2.05) is 30.3 Å². The molecule has 0 bridgehead atoms. The molecule has 2 aromatic carbocycles. The van der Waals surface area contributed by atoms with Gasteiger partial charge in [0.1, 0.15) is 18.2 Å². The molecule has 0 unspecified atom stereocenters. The lowest BCUT2D eigenvalue weighted by Gasteiger charge is -3.10. The van der Waals surface area contributed by atoms with Crippen molar-refractivity contribution in [3.05, 3.63) is 64.2 Å². The van der Waals surface area contributed by atoms with Crippen molar-refractivity contribution in [2.75, 3.05) is 56.6 Å². The minimum atomic E-state index is -0.514. The summed E-state index contributed by atoms with van der Waals surface area (Å²) in [6.45, 7) is 6.71. The monoisotopic (exact) mass is 697 g/mol. The first kappa shape index (κ1) is 31.4. The fraction of sp³-hybridized carbons (Fsp3) is 0.514. The van der Waals surface area contributed by atoms with Crippen LogP contribution in [0.15, 0.2) is 42.5 Å². The van der Waals surface area contributed by atoms with Crippen LogP contribution in [0, 0.1) is 46.3 Å². The molecule has 0 amide bonds. The van der Waals surface area contributed by atoms with Gasteiger partial charge in [-0.2, -0.15) is 4.98 Å². The van der Waals surface area contributed by atoms with E-state index >= 15 is 0 Å². The Morgan fingerprint density at radius 3 is 2.34 bits per heavy atom. The third kappa shape index (κ3) is 3.83. The number of halogens is 3. The summed E-state index contributed by atoms with van der Waals surface area (Å²) in [5, 5.41) is 10.4. The summed E-state index contributed by atoms with van der Waals surface area (Å²) in [5.41, 5.74) is 11.9. The summed E-state index contributed by atoms with van der Waals surface area (Å²) >= 11 is 6.01. The lowest BCUT2D eigenvalue weighted by atomic mass is 8.92. The predicted molar refractivity (Wildman–Crippen MR) is 182 cm³/mol. The maximum atomic E-state index is 11.8. The van der Waals surface area contributed by atoms with Crippen molar-refractivity contribution in [1.82, 2.24) is 14.9 Å². The number of aromatic nitrogens is 2. The molecule has 1 saturated heterocycles. The molecule has 9 nitrogen and oxygen atoms in total. The van der Waals surface area contributed by atoms with Crippen molar-refractivity contribution in [2.24, 2.45) is 46.3 Å². The molecule has 248 valence electrons. The SMILES string of the molecule is Cl.Cl.Nc1nc2c(c(N3CCN(CCOCC45C6C7C4C4C5C6C74C(=O)O)CC3)n1)CCc1cc(OCc3ccc(Cl)cc3)ccc1-2. The van der Waals surface area contributed by atoms with E-state index in [4.69, 9.17) is 36.8 Å². The van der Waals surface area contributed by atoms with E-state index in [-0.39, 0.29) is 30.2 Å². The van der Waals surface area contributed by atoms with Gasteiger partial charge in [-0.15, -0.1) is 24.8 Å². The number of nitrogen functional groups attached to an aromatic ring is 1. The molecule has 7 fully saturated rings. The zero-order valence-corrected chi connectivity index (χ0v) is 28.2. The molecule has 12 heteroatoms. The summed E-state index contributed by atoms with van der Waals surface area (Å²) in [6.07, 6.45) is 1.77. The number of fused-ring (bicyclic) bond motifs is 3. The second-order valence-electron chi connectivity index (χ2n) is 14.4. The van der Waals surface area contributed by atoms with Crippen molar-refractivity contribution >= 4 is 54.2 Å². The first-order valence-corrected chi connectivity index (χ1v) is 16.8. The van der Waals surface area contributed by atoms with E-state index < -0.39 is 5.97 Å². The average molecular weight is 699 g/mol. The Balaban J connectivity index is 0.00000162. The summed E-state index contributed by atoms with van der Waals surface area (Å²) in [6, 6.07) is 14.0. The number of aryl methyl sites for hydroxylation is 1. The molecule has 3 aromatic rings.